The van der Waals surface area contributed by atoms with Gasteiger partial charge in [-0.2, -0.15) is 0 Å². The van der Waals surface area contributed by atoms with Crippen LogP contribution in [0.1, 0.15) is 38.7 Å². The van der Waals surface area contributed by atoms with Gasteiger partial charge in [0.2, 0.25) is 5.91 Å². The van der Waals surface area contributed by atoms with Gasteiger partial charge in [0.05, 0.1) is 5.69 Å². The van der Waals surface area contributed by atoms with Crippen LogP contribution in [0.4, 0.5) is 10.1 Å². The molecule has 1 amide bonds. The number of halogens is 1. The van der Waals surface area contributed by atoms with E-state index in [0.717, 1.165) is 19.3 Å². The van der Waals surface area contributed by atoms with Crippen molar-refractivity contribution in [2.45, 2.75) is 39.7 Å². The van der Waals surface area contributed by atoms with Gasteiger partial charge in [-0.25, -0.2) is 4.39 Å². The highest BCUT2D eigenvalue weighted by Gasteiger charge is 2.14. The van der Waals surface area contributed by atoms with E-state index in [1.165, 1.54) is 6.07 Å². The Labute approximate surface area is 108 Å². The van der Waals surface area contributed by atoms with Crippen molar-refractivity contribution in [1.29, 1.82) is 0 Å². The first-order chi connectivity index (χ1) is 8.58. The zero-order valence-corrected chi connectivity index (χ0v) is 11.0. The maximum absolute atomic E-state index is 13.6. The number of benzene rings is 1. The molecule has 3 nitrogen and oxygen atoms in total. The van der Waals surface area contributed by atoms with Crippen LogP contribution in [0.3, 0.4) is 0 Å². The SMILES string of the molecule is CCCCC(C)C(=O)Nc1ccc(CN)cc1F. The van der Waals surface area contributed by atoms with Gasteiger partial charge in [-0.15, -0.1) is 0 Å². The summed E-state index contributed by atoms with van der Waals surface area (Å²) in [4.78, 5) is 11.8. The van der Waals surface area contributed by atoms with Gasteiger partial charge in [-0.05, 0) is 24.1 Å². The first kappa shape index (κ1) is 14.6. The molecule has 0 fully saturated rings. The monoisotopic (exact) mass is 252 g/mol. The van der Waals surface area contributed by atoms with Crippen LogP contribution in [0.2, 0.25) is 0 Å². The van der Waals surface area contributed by atoms with Crippen molar-refractivity contribution in [3.05, 3.63) is 29.6 Å². The number of anilines is 1. The highest BCUT2D eigenvalue weighted by atomic mass is 19.1. The number of rotatable bonds is 6. The number of carbonyl (C=O) groups excluding carboxylic acids is 1. The molecule has 1 unspecified atom stereocenters. The topological polar surface area (TPSA) is 55.1 Å². The lowest BCUT2D eigenvalue weighted by molar-refractivity contribution is -0.119. The van der Waals surface area contributed by atoms with Crippen LogP contribution in [0.25, 0.3) is 0 Å². The second-order valence-electron chi connectivity index (χ2n) is 4.55. The van der Waals surface area contributed by atoms with Crippen molar-refractivity contribution in [1.82, 2.24) is 0 Å². The summed E-state index contributed by atoms with van der Waals surface area (Å²) in [6.07, 6.45) is 2.88. The first-order valence-corrected chi connectivity index (χ1v) is 6.37. The highest BCUT2D eigenvalue weighted by Crippen LogP contribution is 2.17. The van der Waals surface area contributed by atoms with Crippen molar-refractivity contribution >= 4 is 11.6 Å². The third-order valence-electron chi connectivity index (χ3n) is 2.97. The predicted octanol–water partition coefficient (Wildman–Crippen LogP) is 3.05. The number of hydrogen-bond donors (Lipinski definition) is 2. The van der Waals surface area contributed by atoms with Gasteiger partial charge < -0.3 is 11.1 Å². The Morgan fingerprint density at radius 3 is 2.78 bits per heavy atom. The zero-order chi connectivity index (χ0) is 13.5. The maximum Gasteiger partial charge on any atom is 0.227 e. The summed E-state index contributed by atoms with van der Waals surface area (Å²) >= 11 is 0. The van der Waals surface area contributed by atoms with E-state index in [1.807, 2.05) is 6.92 Å². The second kappa shape index (κ2) is 7.11. The fourth-order valence-electron chi connectivity index (χ4n) is 1.68. The van der Waals surface area contributed by atoms with E-state index in [2.05, 4.69) is 12.2 Å². The van der Waals surface area contributed by atoms with E-state index in [0.29, 0.717) is 5.56 Å². The van der Waals surface area contributed by atoms with E-state index >= 15 is 0 Å². The average molecular weight is 252 g/mol. The third kappa shape index (κ3) is 4.11. The van der Waals surface area contributed by atoms with Gasteiger partial charge >= 0.3 is 0 Å². The lowest BCUT2D eigenvalue weighted by Gasteiger charge is -2.12. The third-order valence-corrected chi connectivity index (χ3v) is 2.97. The Bertz CT molecular complexity index is 407. The molecule has 0 aliphatic rings. The van der Waals surface area contributed by atoms with Gasteiger partial charge in [0, 0.05) is 12.5 Å². The van der Waals surface area contributed by atoms with Crippen molar-refractivity contribution in [3.8, 4) is 0 Å². The number of unbranched alkanes of at least 4 members (excludes halogenated alkanes) is 1. The fraction of sp³-hybridized carbons (Fsp3) is 0.500. The lowest BCUT2D eigenvalue weighted by atomic mass is 10.0. The summed E-state index contributed by atoms with van der Waals surface area (Å²) in [6, 6.07) is 4.63. The highest BCUT2D eigenvalue weighted by molar-refractivity contribution is 5.92. The molecule has 0 aliphatic carbocycles. The van der Waals surface area contributed by atoms with Gasteiger partial charge in [0.25, 0.3) is 0 Å². The molecule has 18 heavy (non-hydrogen) atoms. The number of hydrogen-bond acceptors (Lipinski definition) is 2. The molecular formula is C14H21FN2O. The molecule has 4 heteroatoms. The first-order valence-electron chi connectivity index (χ1n) is 6.37. The van der Waals surface area contributed by atoms with E-state index in [1.54, 1.807) is 12.1 Å². The molecule has 0 aromatic heterocycles. The van der Waals surface area contributed by atoms with Crippen LogP contribution in [0.5, 0.6) is 0 Å². The minimum Gasteiger partial charge on any atom is -0.326 e. The molecule has 0 bridgehead atoms. The summed E-state index contributed by atoms with van der Waals surface area (Å²) < 4.78 is 13.6. The maximum atomic E-state index is 13.6. The molecule has 1 aromatic rings. The Hall–Kier alpha value is -1.42. The van der Waals surface area contributed by atoms with Gasteiger partial charge in [-0.1, -0.05) is 32.8 Å². The molecular weight excluding hydrogens is 231 g/mol. The molecule has 1 atom stereocenters. The lowest BCUT2D eigenvalue weighted by Crippen LogP contribution is -2.21. The Kier molecular flexibility index (Phi) is 5.78. The number of nitrogens with one attached hydrogen (secondary N) is 1. The van der Waals surface area contributed by atoms with E-state index < -0.39 is 5.82 Å². The normalized spacial score (nSPS) is 12.2. The minimum atomic E-state index is -0.436. The molecule has 100 valence electrons. The van der Waals surface area contributed by atoms with E-state index in [4.69, 9.17) is 5.73 Å². The van der Waals surface area contributed by atoms with Crippen molar-refractivity contribution in [2.75, 3.05) is 5.32 Å². The van der Waals surface area contributed by atoms with Crippen LogP contribution in [0, 0.1) is 11.7 Å². The molecule has 3 N–H and O–H groups in total. The fourth-order valence-corrected chi connectivity index (χ4v) is 1.68. The summed E-state index contributed by atoms with van der Waals surface area (Å²) in [7, 11) is 0. The molecule has 0 aliphatic heterocycles. The number of amides is 1. The smallest absolute Gasteiger partial charge is 0.227 e. The quantitative estimate of drug-likeness (QED) is 0.817. The zero-order valence-electron chi connectivity index (χ0n) is 11.0. The Balaban J connectivity index is 2.64. The number of carbonyl (C=O) groups is 1. The minimum absolute atomic E-state index is 0.0986. The summed E-state index contributed by atoms with van der Waals surface area (Å²) in [6.45, 7) is 4.23. The van der Waals surface area contributed by atoms with Crippen molar-refractivity contribution < 1.29 is 9.18 Å². The molecule has 0 saturated carbocycles. The van der Waals surface area contributed by atoms with Gasteiger partial charge in [0.1, 0.15) is 5.82 Å². The van der Waals surface area contributed by atoms with Gasteiger partial charge in [0.15, 0.2) is 0 Å². The molecule has 1 aromatic carbocycles. The van der Waals surface area contributed by atoms with Crippen LogP contribution in [0.15, 0.2) is 18.2 Å². The van der Waals surface area contributed by atoms with Crippen LogP contribution < -0.4 is 11.1 Å². The molecule has 1 rings (SSSR count). The van der Waals surface area contributed by atoms with Crippen molar-refractivity contribution in [2.24, 2.45) is 11.7 Å². The van der Waals surface area contributed by atoms with Crippen LogP contribution in [-0.2, 0) is 11.3 Å². The van der Waals surface area contributed by atoms with Crippen molar-refractivity contribution in [3.63, 3.8) is 0 Å². The Morgan fingerprint density at radius 2 is 2.22 bits per heavy atom. The molecule has 0 spiro atoms. The second-order valence-corrected chi connectivity index (χ2v) is 4.55. The van der Waals surface area contributed by atoms with E-state index in [9.17, 15) is 9.18 Å². The molecule has 0 heterocycles. The van der Waals surface area contributed by atoms with E-state index in [-0.39, 0.29) is 24.1 Å². The summed E-state index contributed by atoms with van der Waals surface area (Å²) in [5.41, 5.74) is 6.35. The summed E-state index contributed by atoms with van der Waals surface area (Å²) in [5.74, 6) is -0.671. The molecule has 0 radical (unpaired) electrons. The summed E-state index contributed by atoms with van der Waals surface area (Å²) in [5, 5.41) is 2.62. The molecule has 0 saturated heterocycles. The van der Waals surface area contributed by atoms with Crippen LogP contribution >= 0.6 is 0 Å². The standard InChI is InChI=1S/C14H21FN2O/c1-3-4-5-10(2)14(18)17-13-7-6-11(9-16)8-12(13)15/h6-8,10H,3-5,9,16H2,1-2H3,(H,17,18). The predicted molar refractivity (Wildman–Crippen MR) is 71.6 cm³/mol. The largest absolute Gasteiger partial charge is 0.326 e. The number of nitrogens with two attached hydrogens (primary N) is 1. The van der Waals surface area contributed by atoms with Gasteiger partial charge in [-0.3, -0.25) is 4.79 Å². The average Bonchev–Trinajstić information content (AvgIpc) is 2.38. The Morgan fingerprint density at radius 1 is 1.50 bits per heavy atom. The van der Waals surface area contributed by atoms with Crippen LogP contribution in [-0.4, -0.2) is 5.91 Å².